The van der Waals surface area contributed by atoms with E-state index >= 15 is 0 Å². The molecule has 0 heterocycles. The predicted octanol–water partition coefficient (Wildman–Crippen LogP) is 2.59. The maximum atomic E-state index is 13.1. The number of halogens is 1. The molecule has 0 amide bonds. The summed E-state index contributed by atoms with van der Waals surface area (Å²) in [5.74, 6) is -0.189. The van der Waals surface area contributed by atoms with Crippen molar-refractivity contribution in [2.24, 2.45) is 0 Å². The van der Waals surface area contributed by atoms with Crippen LogP contribution in [-0.4, -0.2) is 11.4 Å². The van der Waals surface area contributed by atoms with Gasteiger partial charge >= 0.3 is 0 Å². The Kier molecular flexibility index (Phi) is 3.96. The van der Waals surface area contributed by atoms with Crippen molar-refractivity contribution in [3.05, 3.63) is 52.8 Å². The average molecular weight is 276 g/mol. The van der Waals surface area contributed by atoms with E-state index in [4.69, 9.17) is 0 Å². The first-order valence-corrected chi connectivity index (χ1v) is 6.83. The molecule has 0 saturated carbocycles. The molecule has 2 rings (SSSR count). The number of hydrogen-bond donors (Lipinski definition) is 1. The molecule has 98 valence electrons. The second-order valence-electron chi connectivity index (χ2n) is 4.45. The predicted molar refractivity (Wildman–Crippen MR) is 77.0 cm³/mol. The number of phenolic OH excluding ortho intramolecular Hbond substituents is 1. The van der Waals surface area contributed by atoms with E-state index in [-0.39, 0.29) is 14.3 Å². The van der Waals surface area contributed by atoms with Gasteiger partial charge in [-0.05, 0) is 48.5 Å². The summed E-state index contributed by atoms with van der Waals surface area (Å²) in [5.41, 5.74) is 2.18. The Labute approximate surface area is 113 Å². The first-order chi connectivity index (χ1) is 9.01. The second kappa shape index (κ2) is 5.50. The lowest BCUT2D eigenvalue weighted by atomic mass is 10.1. The Morgan fingerprint density at radius 3 is 2.58 bits per heavy atom. The quantitative estimate of drug-likeness (QED) is 0.691. The molecule has 0 aromatic heterocycles. The van der Waals surface area contributed by atoms with E-state index in [9.17, 15) is 14.3 Å². The first-order valence-electron chi connectivity index (χ1n) is 5.83. The zero-order chi connectivity index (χ0) is 14.0. The number of carbonyl (C=O) groups excluding carboxylic acids is 1. The third-order valence-electron chi connectivity index (χ3n) is 2.85. The molecule has 1 atom stereocenters. The van der Waals surface area contributed by atoms with Crippen molar-refractivity contribution in [3.63, 3.8) is 0 Å². The summed E-state index contributed by atoms with van der Waals surface area (Å²) < 4.78 is 13.1. The van der Waals surface area contributed by atoms with E-state index < -0.39 is 5.82 Å². The van der Waals surface area contributed by atoms with Gasteiger partial charge < -0.3 is 5.11 Å². The van der Waals surface area contributed by atoms with Crippen LogP contribution in [0.15, 0.2) is 30.3 Å². The maximum Gasteiger partial charge on any atom is 0.150 e. The molecule has 1 unspecified atom stereocenters. The van der Waals surface area contributed by atoms with Gasteiger partial charge in [-0.3, -0.25) is 4.79 Å². The van der Waals surface area contributed by atoms with Gasteiger partial charge in [-0.2, -0.15) is 0 Å². The summed E-state index contributed by atoms with van der Waals surface area (Å²) in [6.07, 6.45) is 0.644. The second-order valence-corrected chi connectivity index (χ2v) is 5.78. The molecule has 2 aromatic carbocycles. The third kappa shape index (κ3) is 2.99. The van der Waals surface area contributed by atoms with Crippen LogP contribution in [0.2, 0.25) is 0 Å². The van der Waals surface area contributed by atoms with Crippen molar-refractivity contribution in [2.45, 2.75) is 13.8 Å². The van der Waals surface area contributed by atoms with Crippen LogP contribution >= 0.6 is 8.58 Å². The molecule has 0 aliphatic carbocycles. The fourth-order valence-corrected chi connectivity index (χ4v) is 3.29. The van der Waals surface area contributed by atoms with Crippen LogP contribution in [0.5, 0.6) is 5.75 Å². The number of aldehydes is 1. The Hall–Kier alpha value is -1.73. The number of aryl methyl sites for hydroxylation is 2. The Morgan fingerprint density at radius 2 is 1.89 bits per heavy atom. The van der Waals surface area contributed by atoms with Crippen molar-refractivity contribution in [1.29, 1.82) is 0 Å². The van der Waals surface area contributed by atoms with Gasteiger partial charge in [-0.25, -0.2) is 4.39 Å². The number of phenols is 1. The number of rotatable bonds is 3. The monoisotopic (exact) mass is 276 g/mol. The van der Waals surface area contributed by atoms with E-state index in [0.29, 0.717) is 11.8 Å². The Bertz CT molecular complexity index is 638. The van der Waals surface area contributed by atoms with Gasteiger partial charge in [0.2, 0.25) is 0 Å². The van der Waals surface area contributed by atoms with Gasteiger partial charge in [-0.15, -0.1) is 0 Å². The molecule has 0 fully saturated rings. The van der Waals surface area contributed by atoms with Crippen molar-refractivity contribution < 1.29 is 14.3 Å². The van der Waals surface area contributed by atoms with Gasteiger partial charge in [0.25, 0.3) is 0 Å². The fraction of sp³-hybridized carbons (Fsp3) is 0.133. The van der Waals surface area contributed by atoms with E-state index in [2.05, 4.69) is 0 Å². The normalized spacial score (nSPS) is 11.1. The summed E-state index contributed by atoms with van der Waals surface area (Å²) in [5, 5.41) is 11.5. The highest BCUT2D eigenvalue weighted by atomic mass is 31.1. The minimum absolute atomic E-state index is 0.122. The number of carbonyl (C=O) groups is 1. The average Bonchev–Trinajstić information content (AvgIpc) is 2.37. The molecule has 0 saturated heterocycles. The van der Waals surface area contributed by atoms with Crippen LogP contribution in [0.1, 0.15) is 21.5 Å². The van der Waals surface area contributed by atoms with E-state index in [1.54, 1.807) is 6.07 Å². The van der Waals surface area contributed by atoms with Gasteiger partial charge in [0.1, 0.15) is 11.6 Å². The van der Waals surface area contributed by atoms with Crippen LogP contribution in [0, 0.1) is 19.7 Å². The van der Waals surface area contributed by atoms with Gasteiger partial charge in [0, 0.05) is 10.9 Å². The van der Waals surface area contributed by atoms with Gasteiger partial charge in [-0.1, -0.05) is 20.7 Å². The van der Waals surface area contributed by atoms with E-state index in [1.165, 1.54) is 12.1 Å². The molecule has 2 nitrogen and oxygen atoms in total. The lowest BCUT2D eigenvalue weighted by Crippen LogP contribution is -2.10. The highest BCUT2D eigenvalue weighted by molar-refractivity contribution is 7.56. The summed E-state index contributed by atoms with van der Waals surface area (Å²) in [6.45, 7) is 3.79. The van der Waals surface area contributed by atoms with Crippen molar-refractivity contribution >= 4 is 25.5 Å². The molecule has 2 aromatic rings. The largest absolute Gasteiger partial charge is 0.507 e. The SMILES string of the molecule is Cc1cc(C)c(O)c(Pc2ccc(F)cc2C=O)c1. The number of aromatic hydroxyl groups is 1. The zero-order valence-electron chi connectivity index (χ0n) is 10.7. The summed E-state index contributed by atoms with van der Waals surface area (Å²) in [6, 6.07) is 7.92. The molecule has 0 aliphatic rings. The fourth-order valence-electron chi connectivity index (χ4n) is 1.95. The summed E-state index contributed by atoms with van der Waals surface area (Å²) in [7, 11) is 0.122. The van der Waals surface area contributed by atoms with Gasteiger partial charge in [0.05, 0.1) is 0 Å². The van der Waals surface area contributed by atoms with Crippen LogP contribution in [-0.2, 0) is 0 Å². The molecule has 0 radical (unpaired) electrons. The molecule has 4 heteroatoms. The topological polar surface area (TPSA) is 37.3 Å². The molecule has 19 heavy (non-hydrogen) atoms. The lowest BCUT2D eigenvalue weighted by Gasteiger charge is -2.10. The minimum Gasteiger partial charge on any atom is -0.507 e. The number of benzene rings is 2. The van der Waals surface area contributed by atoms with Crippen molar-refractivity contribution in [1.82, 2.24) is 0 Å². The molecule has 0 bridgehead atoms. The van der Waals surface area contributed by atoms with E-state index in [1.807, 2.05) is 26.0 Å². The third-order valence-corrected chi connectivity index (χ3v) is 4.23. The van der Waals surface area contributed by atoms with Gasteiger partial charge in [0.15, 0.2) is 6.29 Å². The Balaban J connectivity index is 2.44. The number of hydrogen-bond acceptors (Lipinski definition) is 2. The molecule has 0 spiro atoms. The van der Waals surface area contributed by atoms with Crippen LogP contribution < -0.4 is 10.6 Å². The lowest BCUT2D eigenvalue weighted by molar-refractivity contribution is 0.112. The van der Waals surface area contributed by atoms with E-state index in [0.717, 1.165) is 21.7 Å². The van der Waals surface area contributed by atoms with Crippen LogP contribution in [0.4, 0.5) is 4.39 Å². The van der Waals surface area contributed by atoms with Crippen molar-refractivity contribution in [2.75, 3.05) is 0 Å². The highest BCUT2D eigenvalue weighted by Gasteiger charge is 2.10. The summed E-state index contributed by atoms with van der Waals surface area (Å²) >= 11 is 0. The summed E-state index contributed by atoms with van der Waals surface area (Å²) in [4.78, 5) is 11.0. The maximum absolute atomic E-state index is 13.1. The first kappa shape index (κ1) is 13.7. The molecule has 0 aliphatic heterocycles. The molecule has 1 N–H and O–H groups in total. The molecular formula is C15H14FO2P. The highest BCUT2D eigenvalue weighted by Crippen LogP contribution is 2.24. The standard InChI is InChI=1S/C15H14FO2P/c1-9-5-10(2)15(18)14(6-9)19-13-4-3-12(16)7-11(13)8-17/h3-8,18-19H,1-2H3. The minimum atomic E-state index is -0.430. The molecular weight excluding hydrogens is 262 g/mol. The Morgan fingerprint density at radius 1 is 1.16 bits per heavy atom. The van der Waals surface area contributed by atoms with Crippen LogP contribution in [0.25, 0.3) is 0 Å². The van der Waals surface area contributed by atoms with Crippen molar-refractivity contribution in [3.8, 4) is 5.75 Å². The van der Waals surface area contributed by atoms with Crippen LogP contribution in [0.3, 0.4) is 0 Å². The smallest absolute Gasteiger partial charge is 0.150 e. The zero-order valence-corrected chi connectivity index (χ0v) is 11.7.